The van der Waals surface area contributed by atoms with Crippen LogP contribution in [0, 0.1) is 0 Å². The molecule has 9 heteroatoms. The van der Waals surface area contributed by atoms with Gasteiger partial charge in [-0.25, -0.2) is 9.50 Å². The van der Waals surface area contributed by atoms with E-state index in [0.717, 1.165) is 24.6 Å². The van der Waals surface area contributed by atoms with Crippen LogP contribution in [0.2, 0.25) is 0 Å². The zero-order valence-corrected chi connectivity index (χ0v) is 15.9. The summed E-state index contributed by atoms with van der Waals surface area (Å²) in [5, 5.41) is 17.7. The van der Waals surface area contributed by atoms with Crippen LogP contribution in [0.5, 0.6) is 0 Å². The van der Waals surface area contributed by atoms with E-state index in [-0.39, 0.29) is 6.10 Å². The van der Waals surface area contributed by atoms with Gasteiger partial charge in [-0.05, 0) is 55.5 Å². The minimum Gasteiger partial charge on any atom is -0.393 e. The maximum atomic E-state index is 12.9. The summed E-state index contributed by atoms with van der Waals surface area (Å²) in [4.78, 5) is 4.06. The minimum atomic E-state index is -4.36. The zero-order valence-electron chi connectivity index (χ0n) is 15.1. The van der Waals surface area contributed by atoms with E-state index < -0.39 is 11.1 Å². The van der Waals surface area contributed by atoms with Crippen LogP contribution >= 0.6 is 11.3 Å². The molecule has 1 aliphatic carbocycles. The Morgan fingerprint density at radius 1 is 1.29 bits per heavy atom. The molecule has 0 fully saturated rings. The number of aliphatic hydroxyl groups excluding tert-OH is 1. The molecule has 0 saturated carbocycles. The topological polar surface area (TPSA) is 62.5 Å². The quantitative estimate of drug-likeness (QED) is 0.631. The highest BCUT2D eigenvalue weighted by molar-refractivity contribution is 7.15. The van der Waals surface area contributed by atoms with Crippen molar-refractivity contribution in [3.05, 3.63) is 46.6 Å². The fraction of sp³-hybridized carbons (Fsp3) is 0.368. The number of allylic oxidation sites excluding steroid dienone is 1. The summed E-state index contributed by atoms with van der Waals surface area (Å²) in [5.41, 5.74) is 3.30. The van der Waals surface area contributed by atoms with Gasteiger partial charge in [-0.2, -0.15) is 13.2 Å². The Bertz CT molecular complexity index is 1040. The predicted octanol–water partition coefficient (Wildman–Crippen LogP) is 5.10. The number of anilines is 1. The van der Waals surface area contributed by atoms with Gasteiger partial charge in [-0.15, -0.1) is 16.4 Å². The third-order valence-corrected chi connectivity index (χ3v) is 5.99. The fourth-order valence-corrected chi connectivity index (χ4v) is 4.27. The molecule has 0 saturated heterocycles. The molecule has 1 unspecified atom stereocenters. The molecule has 148 valence electrons. The summed E-state index contributed by atoms with van der Waals surface area (Å²) >= 11 is 0.675. The molecule has 0 radical (unpaired) electrons. The molecule has 28 heavy (non-hydrogen) atoms. The van der Waals surface area contributed by atoms with Crippen molar-refractivity contribution in [2.45, 2.75) is 44.9 Å². The van der Waals surface area contributed by atoms with Crippen molar-refractivity contribution in [2.24, 2.45) is 0 Å². The van der Waals surface area contributed by atoms with Gasteiger partial charge in [0.1, 0.15) is 10.6 Å². The molecule has 1 aliphatic rings. The molecule has 1 atom stereocenters. The van der Waals surface area contributed by atoms with Crippen LogP contribution in [0.4, 0.5) is 19.0 Å². The van der Waals surface area contributed by atoms with Gasteiger partial charge in [0.15, 0.2) is 11.5 Å². The van der Waals surface area contributed by atoms with E-state index >= 15 is 0 Å². The number of nitrogens with one attached hydrogen (secondary N) is 1. The van der Waals surface area contributed by atoms with E-state index in [9.17, 15) is 18.3 Å². The number of hydrogen-bond acceptors (Lipinski definition) is 5. The van der Waals surface area contributed by atoms with Crippen LogP contribution in [0.3, 0.4) is 0 Å². The SMILES string of the molecule is CCC1=C(Nc2ccc3ncc(-c4ccc(C(F)(F)F)s4)n3n2)CCC(O)C1. The second-order valence-corrected chi connectivity index (χ2v) is 7.83. The lowest BCUT2D eigenvalue weighted by Crippen LogP contribution is -2.18. The molecular formula is C19H19F3N4OS. The van der Waals surface area contributed by atoms with Crippen molar-refractivity contribution in [3.63, 3.8) is 0 Å². The Morgan fingerprint density at radius 3 is 2.82 bits per heavy atom. The molecule has 2 N–H and O–H groups in total. The largest absolute Gasteiger partial charge is 0.425 e. The number of imidazole rings is 1. The smallest absolute Gasteiger partial charge is 0.393 e. The molecule has 0 aromatic carbocycles. The maximum Gasteiger partial charge on any atom is 0.425 e. The van der Waals surface area contributed by atoms with E-state index in [1.54, 1.807) is 16.6 Å². The standard InChI is InChI=1S/C19H19F3N4OS/c1-2-11-9-12(27)3-4-13(11)24-17-7-8-18-23-10-14(26(18)25-17)15-5-6-16(28-15)19(20,21)22/h5-8,10,12,27H,2-4,9H2,1H3,(H,24,25). The molecule has 4 rings (SSSR count). The third kappa shape index (κ3) is 3.64. The minimum absolute atomic E-state index is 0.308. The summed E-state index contributed by atoms with van der Waals surface area (Å²) in [6.07, 6.45) is -0.220. The molecule has 0 spiro atoms. The average Bonchev–Trinajstić information content (AvgIpc) is 3.29. The van der Waals surface area contributed by atoms with Gasteiger partial charge in [0.25, 0.3) is 0 Å². The first-order valence-corrected chi connectivity index (χ1v) is 9.85. The van der Waals surface area contributed by atoms with Gasteiger partial charge in [0.2, 0.25) is 0 Å². The van der Waals surface area contributed by atoms with Crippen molar-refractivity contribution >= 4 is 22.8 Å². The van der Waals surface area contributed by atoms with Crippen molar-refractivity contribution in [1.82, 2.24) is 14.6 Å². The number of hydrogen-bond donors (Lipinski definition) is 2. The molecule has 5 nitrogen and oxygen atoms in total. The van der Waals surface area contributed by atoms with E-state index in [2.05, 4.69) is 22.3 Å². The lowest BCUT2D eigenvalue weighted by molar-refractivity contribution is -0.134. The Morgan fingerprint density at radius 2 is 2.11 bits per heavy atom. The van der Waals surface area contributed by atoms with Gasteiger partial charge >= 0.3 is 6.18 Å². The Hall–Kier alpha value is -2.39. The van der Waals surface area contributed by atoms with E-state index in [4.69, 9.17) is 0 Å². The number of rotatable bonds is 4. The highest BCUT2D eigenvalue weighted by Gasteiger charge is 2.32. The highest BCUT2D eigenvalue weighted by atomic mass is 32.1. The fourth-order valence-electron chi connectivity index (χ4n) is 3.40. The number of nitrogens with zero attached hydrogens (tertiary/aromatic N) is 3. The van der Waals surface area contributed by atoms with Gasteiger partial charge in [0, 0.05) is 5.70 Å². The van der Waals surface area contributed by atoms with E-state index in [1.165, 1.54) is 17.8 Å². The Kier molecular flexibility index (Phi) is 4.88. The van der Waals surface area contributed by atoms with E-state index in [0.29, 0.717) is 46.2 Å². The first kappa shape index (κ1) is 18.9. The van der Waals surface area contributed by atoms with Crippen LogP contribution in [0.1, 0.15) is 37.5 Å². The molecular weight excluding hydrogens is 389 g/mol. The first-order valence-electron chi connectivity index (χ1n) is 9.03. The second kappa shape index (κ2) is 7.21. The normalized spacial score (nSPS) is 18.1. The molecule has 3 heterocycles. The molecule has 3 aromatic rings. The third-order valence-electron chi connectivity index (χ3n) is 4.84. The lowest BCUT2D eigenvalue weighted by atomic mass is 9.92. The number of fused-ring (bicyclic) bond motifs is 1. The molecule has 0 amide bonds. The number of alkyl halides is 3. The number of aliphatic hydroxyl groups is 1. The zero-order chi connectivity index (χ0) is 19.9. The predicted molar refractivity (Wildman–Crippen MR) is 102 cm³/mol. The highest BCUT2D eigenvalue weighted by Crippen LogP contribution is 2.38. The molecule has 0 bridgehead atoms. The lowest BCUT2D eigenvalue weighted by Gasteiger charge is -2.24. The van der Waals surface area contributed by atoms with Gasteiger partial charge < -0.3 is 10.4 Å². The maximum absolute atomic E-state index is 12.9. The second-order valence-electron chi connectivity index (χ2n) is 6.75. The Labute approximate surface area is 163 Å². The number of thiophene rings is 1. The first-order chi connectivity index (χ1) is 13.3. The summed E-state index contributed by atoms with van der Waals surface area (Å²) in [7, 11) is 0. The van der Waals surface area contributed by atoms with E-state index in [1.807, 2.05) is 0 Å². The average molecular weight is 408 g/mol. The number of halogens is 3. The van der Waals surface area contributed by atoms with Crippen LogP contribution in [-0.4, -0.2) is 25.8 Å². The summed E-state index contributed by atoms with van der Waals surface area (Å²) in [6.45, 7) is 2.05. The Balaban J connectivity index is 1.68. The molecule has 0 aliphatic heterocycles. The van der Waals surface area contributed by atoms with Crippen LogP contribution in [0.15, 0.2) is 41.7 Å². The van der Waals surface area contributed by atoms with Crippen LogP contribution in [-0.2, 0) is 6.18 Å². The van der Waals surface area contributed by atoms with Crippen molar-refractivity contribution in [1.29, 1.82) is 0 Å². The summed E-state index contributed by atoms with van der Waals surface area (Å²) in [5.74, 6) is 0.594. The van der Waals surface area contributed by atoms with Gasteiger partial charge in [-0.3, -0.25) is 0 Å². The number of aromatic nitrogens is 3. The summed E-state index contributed by atoms with van der Waals surface area (Å²) in [6, 6.07) is 6.10. The van der Waals surface area contributed by atoms with Crippen molar-refractivity contribution < 1.29 is 18.3 Å². The van der Waals surface area contributed by atoms with Crippen molar-refractivity contribution in [3.8, 4) is 10.6 Å². The van der Waals surface area contributed by atoms with Gasteiger partial charge in [0.05, 0.1) is 17.2 Å². The van der Waals surface area contributed by atoms with Crippen LogP contribution in [0.25, 0.3) is 16.2 Å². The molecule has 3 aromatic heterocycles. The van der Waals surface area contributed by atoms with Gasteiger partial charge in [-0.1, -0.05) is 6.92 Å². The monoisotopic (exact) mass is 408 g/mol. The van der Waals surface area contributed by atoms with Crippen molar-refractivity contribution in [2.75, 3.05) is 5.32 Å². The summed E-state index contributed by atoms with van der Waals surface area (Å²) < 4.78 is 40.3. The van der Waals surface area contributed by atoms with Crippen LogP contribution < -0.4 is 5.32 Å².